The first kappa shape index (κ1) is 11.3. The largest absolute Gasteiger partial charge is 0.393 e. The van der Waals surface area contributed by atoms with Crippen molar-refractivity contribution < 1.29 is 5.11 Å². The normalized spacial score (nSPS) is 17.3. The van der Waals surface area contributed by atoms with E-state index in [1.54, 1.807) is 6.07 Å². The van der Waals surface area contributed by atoms with Gasteiger partial charge in [-0.25, -0.2) is 0 Å². The topological polar surface area (TPSA) is 56.3 Å². The highest BCUT2D eigenvalue weighted by Gasteiger charge is 2.17. The number of aliphatic hydroxyl groups excluding tert-OH is 1. The summed E-state index contributed by atoms with van der Waals surface area (Å²) in [6.07, 6.45) is 1.49. The van der Waals surface area contributed by atoms with Gasteiger partial charge < -0.3 is 15.0 Å². The molecule has 0 radical (unpaired) electrons. The maximum Gasteiger partial charge on any atom is 0.248 e. The molecule has 2 heterocycles. The van der Waals surface area contributed by atoms with Crippen molar-refractivity contribution in [3.63, 3.8) is 0 Å². The van der Waals surface area contributed by atoms with E-state index in [2.05, 4.69) is 16.0 Å². The molecule has 0 bridgehead atoms. The van der Waals surface area contributed by atoms with Crippen LogP contribution in [0, 0.1) is 0 Å². The molecule has 94 valence electrons. The smallest absolute Gasteiger partial charge is 0.248 e. The van der Waals surface area contributed by atoms with Crippen molar-refractivity contribution in [3.05, 3.63) is 40.7 Å². The van der Waals surface area contributed by atoms with Gasteiger partial charge in [0.15, 0.2) is 0 Å². The molecule has 0 atom stereocenters. The van der Waals surface area contributed by atoms with Gasteiger partial charge >= 0.3 is 0 Å². The molecule has 1 aromatic carbocycles. The summed E-state index contributed by atoms with van der Waals surface area (Å²) in [7, 11) is 0. The number of aromatic nitrogens is 1. The van der Waals surface area contributed by atoms with Crippen LogP contribution in [0.4, 0.5) is 5.69 Å². The highest BCUT2D eigenvalue weighted by Crippen LogP contribution is 2.23. The van der Waals surface area contributed by atoms with Crippen molar-refractivity contribution in [3.8, 4) is 0 Å². The summed E-state index contributed by atoms with van der Waals surface area (Å²) in [5, 5.41) is 10.5. The van der Waals surface area contributed by atoms with Gasteiger partial charge in [0.2, 0.25) is 5.56 Å². The van der Waals surface area contributed by atoms with E-state index in [9.17, 15) is 9.90 Å². The molecule has 3 rings (SSSR count). The predicted molar refractivity (Wildman–Crippen MR) is 72.0 cm³/mol. The van der Waals surface area contributed by atoms with Crippen LogP contribution in [0.3, 0.4) is 0 Å². The van der Waals surface area contributed by atoms with Crippen LogP contribution in [0.1, 0.15) is 12.8 Å². The highest BCUT2D eigenvalue weighted by molar-refractivity contribution is 5.82. The molecule has 2 aromatic rings. The van der Waals surface area contributed by atoms with Crippen molar-refractivity contribution in [1.82, 2.24) is 4.98 Å². The Hall–Kier alpha value is -1.81. The first-order valence-corrected chi connectivity index (χ1v) is 6.28. The Kier molecular flexibility index (Phi) is 2.80. The monoisotopic (exact) mass is 244 g/mol. The third-order valence-corrected chi connectivity index (χ3v) is 3.54. The number of nitrogens with zero attached hydrogens (tertiary/aromatic N) is 1. The van der Waals surface area contributed by atoms with E-state index in [0.717, 1.165) is 42.5 Å². The highest BCUT2D eigenvalue weighted by atomic mass is 16.3. The van der Waals surface area contributed by atoms with Crippen LogP contribution >= 0.6 is 0 Å². The number of nitrogens with one attached hydrogen (secondary N) is 1. The molecule has 2 N–H and O–H groups in total. The Bertz CT molecular complexity index is 612. The van der Waals surface area contributed by atoms with Crippen LogP contribution in [0.15, 0.2) is 35.1 Å². The zero-order valence-corrected chi connectivity index (χ0v) is 10.1. The first-order chi connectivity index (χ1) is 8.72. The molecular weight excluding hydrogens is 228 g/mol. The molecule has 1 fully saturated rings. The lowest BCUT2D eigenvalue weighted by Crippen LogP contribution is -2.35. The van der Waals surface area contributed by atoms with Gasteiger partial charge in [-0.3, -0.25) is 4.79 Å². The molecule has 18 heavy (non-hydrogen) atoms. The second kappa shape index (κ2) is 4.46. The van der Waals surface area contributed by atoms with E-state index in [-0.39, 0.29) is 11.7 Å². The SMILES string of the molecule is O=c1ccc2cc(N3CCC(O)CC3)ccc2[nH]1. The number of aliphatic hydroxyl groups is 1. The fourth-order valence-corrected chi connectivity index (χ4v) is 2.46. The number of pyridine rings is 1. The third kappa shape index (κ3) is 2.11. The third-order valence-electron chi connectivity index (χ3n) is 3.54. The minimum absolute atomic E-state index is 0.0728. The number of fused-ring (bicyclic) bond motifs is 1. The average Bonchev–Trinajstić information content (AvgIpc) is 2.39. The number of H-pyrrole nitrogens is 1. The standard InChI is InChI=1S/C14H16N2O2/c17-12-5-7-16(8-6-12)11-2-3-13-10(9-11)1-4-14(18)15-13/h1-4,9,12,17H,5-8H2,(H,15,18). The number of anilines is 1. The molecule has 0 spiro atoms. The summed E-state index contributed by atoms with van der Waals surface area (Å²) in [6, 6.07) is 9.44. The van der Waals surface area contributed by atoms with E-state index >= 15 is 0 Å². The summed E-state index contributed by atoms with van der Waals surface area (Å²) in [6.45, 7) is 1.77. The van der Waals surface area contributed by atoms with Crippen LogP contribution in [0.5, 0.6) is 0 Å². The number of rotatable bonds is 1. The van der Waals surface area contributed by atoms with Gasteiger partial charge in [-0.2, -0.15) is 0 Å². The summed E-state index contributed by atoms with van der Waals surface area (Å²) >= 11 is 0. The number of hydrogen-bond acceptors (Lipinski definition) is 3. The Morgan fingerprint density at radius 1 is 1.17 bits per heavy atom. The summed E-state index contributed by atoms with van der Waals surface area (Å²) in [5.74, 6) is 0. The van der Waals surface area contributed by atoms with Crippen LogP contribution in [0.25, 0.3) is 10.9 Å². The van der Waals surface area contributed by atoms with E-state index in [4.69, 9.17) is 0 Å². The fraction of sp³-hybridized carbons (Fsp3) is 0.357. The number of aromatic amines is 1. The molecule has 1 saturated heterocycles. The van der Waals surface area contributed by atoms with Crippen molar-refractivity contribution in [2.45, 2.75) is 18.9 Å². The lowest BCUT2D eigenvalue weighted by Gasteiger charge is -2.31. The molecule has 0 amide bonds. The summed E-state index contributed by atoms with van der Waals surface area (Å²) in [5.41, 5.74) is 1.95. The van der Waals surface area contributed by atoms with Gasteiger partial charge in [0.05, 0.1) is 6.10 Å². The molecule has 1 aliphatic heterocycles. The first-order valence-electron chi connectivity index (χ1n) is 6.28. The summed E-state index contributed by atoms with van der Waals surface area (Å²) < 4.78 is 0. The molecule has 0 unspecified atom stereocenters. The Morgan fingerprint density at radius 2 is 1.94 bits per heavy atom. The van der Waals surface area contributed by atoms with Crippen molar-refractivity contribution in [2.24, 2.45) is 0 Å². The predicted octanol–water partition coefficient (Wildman–Crippen LogP) is 1.49. The quantitative estimate of drug-likeness (QED) is 0.799. The van der Waals surface area contributed by atoms with Gasteiger partial charge in [0.1, 0.15) is 0 Å². The second-order valence-corrected chi connectivity index (χ2v) is 4.81. The molecule has 0 aliphatic carbocycles. The fourth-order valence-electron chi connectivity index (χ4n) is 2.46. The van der Waals surface area contributed by atoms with Crippen molar-refractivity contribution in [1.29, 1.82) is 0 Å². The lowest BCUT2D eigenvalue weighted by molar-refractivity contribution is 0.145. The molecule has 1 aromatic heterocycles. The van der Waals surface area contributed by atoms with E-state index < -0.39 is 0 Å². The average molecular weight is 244 g/mol. The second-order valence-electron chi connectivity index (χ2n) is 4.81. The lowest BCUT2D eigenvalue weighted by atomic mass is 10.1. The van der Waals surface area contributed by atoms with E-state index in [1.165, 1.54) is 0 Å². The molecule has 0 saturated carbocycles. The van der Waals surface area contributed by atoms with Crippen LogP contribution in [0.2, 0.25) is 0 Å². The van der Waals surface area contributed by atoms with Gasteiger partial charge in [0.25, 0.3) is 0 Å². The number of piperidine rings is 1. The van der Waals surface area contributed by atoms with Crippen LogP contribution in [-0.2, 0) is 0 Å². The maximum atomic E-state index is 11.2. The summed E-state index contributed by atoms with van der Waals surface area (Å²) in [4.78, 5) is 16.3. The molecule has 1 aliphatic rings. The Labute approximate surface area is 105 Å². The van der Waals surface area contributed by atoms with Gasteiger partial charge in [-0.05, 0) is 37.1 Å². The van der Waals surface area contributed by atoms with Gasteiger partial charge in [-0.15, -0.1) is 0 Å². The Balaban J connectivity index is 1.93. The zero-order valence-electron chi connectivity index (χ0n) is 10.1. The molecular formula is C14H16N2O2. The van der Waals surface area contributed by atoms with E-state index in [1.807, 2.05) is 18.2 Å². The molecule has 4 nitrogen and oxygen atoms in total. The van der Waals surface area contributed by atoms with Crippen molar-refractivity contribution >= 4 is 16.6 Å². The zero-order chi connectivity index (χ0) is 12.5. The van der Waals surface area contributed by atoms with E-state index in [0.29, 0.717) is 0 Å². The maximum absolute atomic E-state index is 11.2. The van der Waals surface area contributed by atoms with Gasteiger partial charge in [-0.1, -0.05) is 0 Å². The van der Waals surface area contributed by atoms with Crippen LogP contribution < -0.4 is 10.5 Å². The number of hydrogen-bond donors (Lipinski definition) is 2. The van der Waals surface area contributed by atoms with Gasteiger partial charge in [0, 0.05) is 35.7 Å². The van der Waals surface area contributed by atoms with Crippen LogP contribution in [-0.4, -0.2) is 29.3 Å². The number of benzene rings is 1. The minimum Gasteiger partial charge on any atom is -0.393 e. The minimum atomic E-state index is -0.155. The van der Waals surface area contributed by atoms with Crippen molar-refractivity contribution in [2.75, 3.05) is 18.0 Å². The molecule has 4 heteroatoms. The Morgan fingerprint density at radius 3 is 2.72 bits per heavy atom.